The number of hydrogen-bond acceptors (Lipinski definition) is 6. The first-order valence-electron chi connectivity index (χ1n) is 8.02. The summed E-state index contributed by atoms with van der Waals surface area (Å²) in [5.74, 6) is -0.766. The number of rotatable bonds is 5. The zero-order valence-electron chi connectivity index (χ0n) is 14.2. The van der Waals surface area contributed by atoms with Gasteiger partial charge in [-0.1, -0.05) is 0 Å². The summed E-state index contributed by atoms with van der Waals surface area (Å²) in [7, 11) is -2.49. The molecule has 1 aromatic carbocycles. The predicted octanol–water partition coefficient (Wildman–Crippen LogP) is 1.25. The van der Waals surface area contributed by atoms with Crippen molar-refractivity contribution < 1.29 is 17.6 Å². The van der Waals surface area contributed by atoms with Gasteiger partial charge in [0.15, 0.2) is 5.13 Å². The number of hydrogen-bond donors (Lipinski definition) is 0. The van der Waals surface area contributed by atoms with Crippen LogP contribution in [0.25, 0.3) is 0 Å². The molecule has 2 aromatic rings. The third-order valence-electron chi connectivity index (χ3n) is 4.20. The Bertz CT molecular complexity index is 848. The Hall–Kier alpha value is -2.04. The molecule has 1 aliphatic heterocycles. The number of carbonyl (C=O) groups is 1. The molecule has 0 atom stereocenters. The Kier molecular flexibility index (Phi) is 5.54. The lowest BCUT2D eigenvalue weighted by Crippen LogP contribution is -2.51. The lowest BCUT2D eigenvalue weighted by Gasteiger charge is -2.35. The number of likely N-dealkylation sites (N-methyl/N-ethyl adjacent to an activating group) is 1. The molecule has 1 aliphatic rings. The lowest BCUT2D eigenvalue weighted by molar-refractivity contribution is -0.131. The Balaban J connectivity index is 1.58. The van der Waals surface area contributed by atoms with Gasteiger partial charge in [-0.2, -0.15) is 4.31 Å². The number of carbonyl (C=O) groups excluding carboxylic acids is 1. The number of anilines is 1. The van der Waals surface area contributed by atoms with Gasteiger partial charge in [0.25, 0.3) is 0 Å². The van der Waals surface area contributed by atoms with E-state index in [1.807, 2.05) is 5.38 Å². The van der Waals surface area contributed by atoms with Crippen LogP contribution in [0.15, 0.2) is 40.7 Å². The standard InChI is InChI=1S/C16H19FN4O3S2/c1-19(26(23,24)14-4-2-13(17)3-5-14)12-15(22)20-7-9-21(10-8-20)16-18-6-11-25-16/h2-6,11H,7-10,12H2,1H3. The van der Waals surface area contributed by atoms with Gasteiger partial charge >= 0.3 is 0 Å². The molecule has 2 heterocycles. The summed E-state index contributed by atoms with van der Waals surface area (Å²) < 4.78 is 39.0. The minimum atomic E-state index is -3.84. The molecule has 0 unspecified atom stereocenters. The molecule has 1 fully saturated rings. The van der Waals surface area contributed by atoms with Crippen molar-refractivity contribution in [1.29, 1.82) is 0 Å². The summed E-state index contributed by atoms with van der Waals surface area (Å²) in [6.45, 7) is 2.10. The molecule has 10 heteroatoms. The van der Waals surface area contributed by atoms with Crippen LogP contribution >= 0.6 is 11.3 Å². The molecule has 140 valence electrons. The number of thiazole rings is 1. The molecule has 1 amide bonds. The van der Waals surface area contributed by atoms with E-state index in [2.05, 4.69) is 9.88 Å². The molecule has 0 saturated carbocycles. The summed E-state index contributed by atoms with van der Waals surface area (Å²) in [6.07, 6.45) is 1.74. The number of amides is 1. The summed E-state index contributed by atoms with van der Waals surface area (Å²) in [5.41, 5.74) is 0. The van der Waals surface area contributed by atoms with Crippen LogP contribution in [0.5, 0.6) is 0 Å². The minimum Gasteiger partial charge on any atom is -0.345 e. The minimum absolute atomic E-state index is 0.0391. The zero-order chi connectivity index (χ0) is 18.7. The lowest BCUT2D eigenvalue weighted by atomic mass is 10.3. The first-order chi connectivity index (χ1) is 12.4. The number of benzene rings is 1. The van der Waals surface area contributed by atoms with Crippen molar-refractivity contribution in [2.45, 2.75) is 4.90 Å². The van der Waals surface area contributed by atoms with E-state index in [4.69, 9.17) is 0 Å². The predicted molar refractivity (Wildman–Crippen MR) is 97.1 cm³/mol. The van der Waals surface area contributed by atoms with Crippen LogP contribution in [0.1, 0.15) is 0 Å². The summed E-state index contributed by atoms with van der Waals surface area (Å²) in [4.78, 5) is 20.4. The van der Waals surface area contributed by atoms with Gasteiger partial charge in [0, 0.05) is 44.8 Å². The highest BCUT2D eigenvalue weighted by Crippen LogP contribution is 2.19. The molecule has 1 saturated heterocycles. The van der Waals surface area contributed by atoms with Gasteiger partial charge in [0.2, 0.25) is 15.9 Å². The van der Waals surface area contributed by atoms with Gasteiger partial charge in [-0.15, -0.1) is 11.3 Å². The van der Waals surface area contributed by atoms with Crippen LogP contribution in [0.2, 0.25) is 0 Å². The van der Waals surface area contributed by atoms with E-state index in [1.54, 1.807) is 22.4 Å². The third-order valence-corrected chi connectivity index (χ3v) is 6.85. The van der Waals surface area contributed by atoms with E-state index in [9.17, 15) is 17.6 Å². The van der Waals surface area contributed by atoms with Crippen molar-refractivity contribution in [3.63, 3.8) is 0 Å². The highest BCUT2D eigenvalue weighted by atomic mass is 32.2. The van der Waals surface area contributed by atoms with E-state index in [-0.39, 0.29) is 17.3 Å². The molecule has 26 heavy (non-hydrogen) atoms. The van der Waals surface area contributed by atoms with Crippen LogP contribution in [-0.4, -0.2) is 68.3 Å². The highest BCUT2D eigenvalue weighted by Gasteiger charge is 2.27. The Labute approximate surface area is 155 Å². The van der Waals surface area contributed by atoms with Gasteiger partial charge in [0.1, 0.15) is 5.82 Å². The van der Waals surface area contributed by atoms with Crippen LogP contribution in [-0.2, 0) is 14.8 Å². The second-order valence-corrected chi connectivity index (χ2v) is 8.82. The molecule has 0 radical (unpaired) electrons. The Morgan fingerprint density at radius 2 is 1.88 bits per heavy atom. The van der Waals surface area contributed by atoms with Crippen molar-refractivity contribution in [3.8, 4) is 0 Å². The first-order valence-corrected chi connectivity index (χ1v) is 10.3. The monoisotopic (exact) mass is 398 g/mol. The average molecular weight is 398 g/mol. The Morgan fingerprint density at radius 3 is 2.46 bits per heavy atom. The maximum absolute atomic E-state index is 13.0. The molecule has 1 aromatic heterocycles. The van der Waals surface area contributed by atoms with E-state index in [0.29, 0.717) is 26.2 Å². The van der Waals surface area contributed by atoms with Gasteiger partial charge in [-0.3, -0.25) is 4.79 Å². The number of halogens is 1. The smallest absolute Gasteiger partial charge is 0.243 e. The number of sulfonamides is 1. The van der Waals surface area contributed by atoms with E-state index < -0.39 is 15.8 Å². The zero-order valence-corrected chi connectivity index (χ0v) is 15.8. The van der Waals surface area contributed by atoms with E-state index in [1.165, 1.54) is 19.2 Å². The fourth-order valence-corrected chi connectivity index (χ4v) is 4.50. The largest absolute Gasteiger partial charge is 0.345 e. The second kappa shape index (κ2) is 7.68. The quantitative estimate of drug-likeness (QED) is 0.758. The van der Waals surface area contributed by atoms with Crippen molar-refractivity contribution in [2.75, 3.05) is 44.7 Å². The maximum Gasteiger partial charge on any atom is 0.243 e. The molecular weight excluding hydrogens is 379 g/mol. The Morgan fingerprint density at radius 1 is 1.23 bits per heavy atom. The fraction of sp³-hybridized carbons (Fsp3) is 0.375. The first kappa shape index (κ1) is 18.7. The van der Waals surface area contributed by atoms with Crippen LogP contribution in [0.4, 0.5) is 9.52 Å². The van der Waals surface area contributed by atoms with Crippen LogP contribution < -0.4 is 4.90 Å². The maximum atomic E-state index is 13.0. The summed E-state index contributed by atoms with van der Waals surface area (Å²) in [5, 5.41) is 2.83. The molecule has 0 aliphatic carbocycles. The van der Waals surface area contributed by atoms with Gasteiger partial charge in [0.05, 0.1) is 11.4 Å². The van der Waals surface area contributed by atoms with E-state index >= 15 is 0 Å². The normalized spacial score (nSPS) is 15.5. The third kappa shape index (κ3) is 4.02. The molecule has 7 nitrogen and oxygen atoms in total. The van der Waals surface area contributed by atoms with Crippen molar-refractivity contribution in [3.05, 3.63) is 41.7 Å². The SMILES string of the molecule is CN(CC(=O)N1CCN(c2nccs2)CC1)S(=O)(=O)c1ccc(F)cc1. The molecule has 0 N–H and O–H groups in total. The van der Waals surface area contributed by atoms with Crippen LogP contribution in [0, 0.1) is 5.82 Å². The van der Waals surface area contributed by atoms with Crippen LogP contribution in [0.3, 0.4) is 0 Å². The number of nitrogens with zero attached hydrogens (tertiary/aromatic N) is 4. The van der Waals surface area contributed by atoms with Crippen molar-refractivity contribution >= 4 is 32.4 Å². The van der Waals surface area contributed by atoms with Crippen molar-refractivity contribution in [2.24, 2.45) is 0 Å². The van der Waals surface area contributed by atoms with Gasteiger partial charge in [-0.25, -0.2) is 17.8 Å². The second-order valence-electron chi connectivity index (χ2n) is 5.90. The summed E-state index contributed by atoms with van der Waals surface area (Å²) in [6, 6.07) is 4.55. The average Bonchev–Trinajstić information content (AvgIpc) is 3.17. The fourth-order valence-electron chi connectivity index (χ4n) is 2.68. The summed E-state index contributed by atoms with van der Waals surface area (Å²) >= 11 is 1.55. The van der Waals surface area contributed by atoms with Gasteiger partial charge in [-0.05, 0) is 24.3 Å². The van der Waals surface area contributed by atoms with E-state index in [0.717, 1.165) is 21.6 Å². The number of aromatic nitrogens is 1. The molecule has 3 rings (SSSR count). The molecular formula is C16H19FN4O3S2. The highest BCUT2D eigenvalue weighted by molar-refractivity contribution is 7.89. The topological polar surface area (TPSA) is 73.8 Å². The van der Waals surface area contributed by atoms with Crippen molar-refractivity contribution in [1.82, 2.24) is 14.2 Å². The molecule has 0 spiro atoms. The van der Waals surface area contributed by atoms with Gasteiger partial charge < -0.3 is 9.80 Å². The number of piperazine rings is 1. The molecule has 0 bridgehead atoms.